The largest absolute Gasteiger partial charge is 0.481 e. The fraction of sp³-hybridized carbons (Fsp3) is 0.833. The van der Waals surface area contributed by atoms with E-state index in [-0.39, 0.29) is 12.3 Å². The summed E-state index contributed by atoms with van der Waals surface area (Å²) >= 11 is 0. The normalized spacial score (nSPS) is 16.3. The second-order valence-electron chi connectivity index (χ2n) is 4.42. The standard InChI is InChI=1S/C12H21NO3/c1-2-5-11(14)13(9-8-12(15)16)10-6-3-4-7-10/h10H,2-9H2,1H3,(H,15,16). The van der Waals surface area contributed by atoms with Crippen LogP contribution < -0.4 is 0 Å². The average molecular weight is 227 g/mol. The molecule has 0 heterocycles. The van der Waals surface area contributed by atoms with Crippen LogP contribution in [0.2, 0.25) is 0 Å². The molecule has 1 amide bonds. The summed E-state index contributed by atoms with van der Waals surface area (Å²) in [6, 6.07) is 0.290. The van der Waals surface area contributed by atoms with E-state index in [1.165, 1.54) is 0 Å². The molecule has 0 unspecified atom stereocenters. The number of hydrogen-bond donors (Lipinski definition) is 1. The first-order valence-electron chi connectivity index (χ1n) is 6.16. The summed E-state index contributed by atoms with van der Waals surface area (Å²) in [5.74, 6) is -0.706. The molecule has 0 saturated heterocycles. The third-order valence-corrected chi connectivity index (χ3v) is 3.12. The Morgan fingerprint density at radius 3 is 2.38 bits per heavy atom. The first-order chi connectivity index (χ1) is 7.65. The molecule has 0 aromatic heterocycles. The van der Waals surface area contributed by atoms with Gasteiger partial charge in [0.25, 0.3) is 0 Å². The smallest absolute Gasteiger partial charge is 0.305 e. The lowest BCUT2D eigenvalue weighted by Crippen LogP contribution is -2.40. The molecule has 0 atom stereocenters. The van der Waals surface area contributed by atoms with Crippen LogP contribution in [-0.2, 0) is 9.59 Å². The quantitative estimate of drug-likeness (QED) is 0.755. The van der Waals surface area contributed by atoms with Gasteiger partial charge in [-0.25, -0.2) is 0 Å². The number of carbonyl (C=O) groups excluding carboxylic acids is 1. The molecule has 1 aliphatic rings. The Balaban J connectivity index is 2.52. The van der Waals surface area contributed by atoms with Gasteiger partial charge in [-0.1, -0.05) is 19.8 Å². The van der Waals surface area contributed by atoms with Gasteiger partial charge in [0.05, 0.1) is 6.42 Å². The highest BCUT2D eigenvalue weighted by molar-refractivity contribution is 5.77. The molecule has 1 saturated carbocycles. The molecule has 0 aromatic carbocycles. The average Bonchev–Trinajstić information content (AvgIpc) is 2.71. The zero-order chi connectivity index (χ0) is 12.0. The first-order valence-corrected chi connectivity index (χ1v) is 6.16. The molecule has 0 aromatic rings. The molecule has 0 aliphatic heterocycles. The van der Waals surface area contributed by atoms with E-state index < -0.39 is 5.97 Å². The summed E-state index contributed by atoms with van der Waals surface area (Å²) in [5, 5.41) is 8.68. The Bertz CT molecular complexity index is 247. The minimum Gasteiger partial charge on any atom is -0.481 e. The van der Waals surface area contributed by atoms with E-state index in [9.17, 15) is 9.59 Å². The maximum Gasteiger partial charge on any atom is 0.305 e. The van der Waals surface area contributed by atoms with E-state index >= 15 is 0 Å². The molecule has 4 heteroatoms. The van der Waals surface area contributed by atoms with Crippen molar-refractivity contribution < 1.29 is 14.7 Å². The van der Waals surface area contributed by atoms with Gasteiger partial charge in [0.15, 0.2) is 0 Å². The van der Waals surface area contributed by atoms with Gasteiger partial charge in [0.2, 0.25) is 5.91 Å². The number of carboxylic acids is 1. The molecule has 0 bridgehead atoms. The van der Waals surface area contributed by atoms with Crippen LogP contribution in [0.25, 0.3) is 0 Å². The van der Waals surface area contributed by atoms with Crippen molar-refractivity contribution in [3.63, 3.8) is 0 Å². The predicted molar refractivity (Wildman–Crippen MR) is 61.1 cm³/mol. The van der Waals surface area contributed by atoms with E-state index in [4.69, 9.17) is 5.11 Å². The van der Waals surface area contributed by atoms with Crippen LogP contribution in [0.1, 0.15) is 51.9 Å². The summed E-state index contributed by atoms with van der Waals surface area (Å²) in [6.45, 7) is 2.35. The van der Waals surface area contributed by atoms with Crippen molar-refractivity contribution in [2.75, 3.05) is 6.54 Å². The fourth-order valence-corrected chi connectivity index (χ4v) is 2.30. The lowest BCUT2D eigenvalue weighted by atomic mass is 10.1. The highest BCUT2D eigenvalue weighted by Crippen LogP contribution is 2.24. The molecule has 16 heavy (non-hydrogen) atoms. The van der Waals surface area contributed by atoms with Crippen LogP contribution in [0.4, 0.5) is 0 Å². The Morgan fingerprint density at radius 2 is 1.88 bits per heavy atom. The monoisotopic (exact) mass is 227 g/mol. The van der Waals surface area contributed by atoms with Gasteiger partial charge < -0.3 is 10.0 Å². The zero-order valence-electron chi connectivity index (χ0n) is 9.95. The van der Waals surface area contributed by atoms with E-state index in [0.29, 0.717) is 19.0 Å². The first kappa shape index (κ1) is 13.0. The van der Waals surface area contributed by atoms with E-state index in [2.05, 4.69) is 0 Å². The topological polar surface area (TPSA) is 57.6 Å². The van der Waals surface area contributed by atoms with Gasteiger partial charge in [-0.15, -0.1) is 0 Å². The van der Waals surface area contributed by atoms with Crippen LogP contribution in [0.3, 0.4) is 0 Å². The fourth-order valence-electron chi connectivity index (χ4n) is 2.30. The maximum atomic E-state index is 11.9. The van der Waals surface area contributed by atoms with Gasteiger partial charge >= 0.3 is 5.97 Å². The van der Waals surface area contributed by atoms with Crippen LogP contribution in [0.5, 0.6) is 0 Å². The number of carbonyl (C=O) groups is 2. The number of aliphatic carboxylic acids is 1. The van der Waals surface area contributed by atoms with Gasteiger partial charge in [-0.3, -0.25) is 9.59 Å². The van der Waals surface area contributed by atoms with Gasteiger partial charge in [-0.2, -0.15) is 0 Å². The highest BCUT2D eigenvalue weighted by Gasteiger charge is 2.26. The molecule has 4 nitrogen and oxygen atoms in total. The molecule has 92 valence electrons. The van der Waals surface area contributed by atoms with Crippen LogP contribution in [-0.4, -0.2) is 34.5 Å². The van der Waals surface area contributed by atoms with Crippen molar-refractivity contribution in [2.24, 2.45) is 0 Å². The van der Waals surface area contributed by atoms with Gasteiger partial charge in [0, 0.05) is 19.0 Å². The number of rotatable bonds is 6. The number of carboxylic acid groups (broad SMARTS) is 1. The molecule has 1 aliphatic carbocycles. The minimum absolute atomic E-state index is 0.0615. The molecule has 0 radical (unpaired) electrons. The lowest BCUT2D eigenvalue weighted by Gasteiger charge is -2.28. The van der Waals surface area contributed by atoms with Crippen molar-refractivity contribution in [3.8, 4) is 0 Å². The number of amides is 1. The zero-order valence-corrected chi connectivity index (χ0v) is 9.95. The third-order valence-electron chi connectivity index (χ3n) is 3.12. The van der Waals surface area contributed by atoms with Crippen molar-refractivity contribution >= 4 is 11.9 Å². The second-order valence-corrected chi connectivity index (χ2v) is 4.42. The molecule has 1 fully saturated rings. The highest BCUT2D eigenvalue weighted by atomic mass is 16.4. The molecule has 1 rings (SSSR count). The molecule has 1 N–H and O–H groups in total. The van der Waals surface area contributed by atoms with Crippen molar-refractivity contribution in [2.45, 2.75) is 57.9 Å². The van der Waals surface area contributed by atoms with E-state index in [1.54, 1.807) is 4.90 Å². The summed E-state index contributed by atoms with van der Waals surface area (Å²) < 4.78 is 0. The van der Waals surface area contributed by atoms with Crippen LogP contribution in [0, 0.1) is 0 Å². The van der Waals surface area contributed by atoms with E-state index in [1.807, 2.05) is 6.92 Å². The van der Waals surface area contributed by atoms with Gasteiger partial charge in [-0.05, 0) is 19.3 Å². The second kappa shape index (κ2) is 6.51. The van der Waals surface area contributed by atoms with Crippen molar-refractivity contribution in [1.29, 1.82) is 0 Å². The Hall–Kier alpha value is -1.06. The van der Waals surface area contributed by atoms with Crippen molar-refractivity contribution in [3.05, 3.63) is 0 Å². The summed E-state index contributed by atoms with van der Waals surface area (Å²) in [5.41, 5.74) is 0. The van der Waals surface area contributed by atoms with Crippen LogP contribution >= 0.6 is 0 Å². The van der Waals surface area contributed by atoms with Crippen molar-refractivity contribution in [1.82, 2.24) is 4.90 Å². The SMILES string of the molecule is CCCC(=O)N(CCC(=O)O)C1CCCC1. The predicted octanol–water partition coefficient (Wildman–Crippen LogP) is 2.03. The maximum absolute atomic E-state index is 11.9. The van der Waals surface area contributed by atoms with Gasteiger partial charge in [0.1, 0.15) is 0 Å². The minimum atomic E-state index is -0.827. The lowest BCUT2D eigenvalue weighted by molar-refractivity contribution is -0.139. The Kier molecular flexibility index (Phi) is 5.29. The number of hydrogen-bond acceptors (Lipinski definition) is 2. The third kappa shape index (κ3) is 3.83. The summed E-state index contributed by atoms with van der Waals surface area (Å²) in [7, 11) is 0. The molecule has 0 spiro atoms. The number of nitrogens with zero attached hydrogens (tertiary/aromatic N) is 1. The summed E-state index contributed by atoms with van der Waals surface area (Å²) in [4.78, 5) is 24.2. The molecular formula is C12H21NO3. The Morgan fingerprint density at radius 1 is 1.25 bits per heavy atom. The molecular weight excluding hydrogens is 206 g/mol. The Labute approximate surface area is 96.6 Å². The van der Waals surface area contributed by atoms with E-state index in [0.717, 1.165) is 32.1 Å². The van der Waals surface area contributed by atoms with Crippen LogP contribution in [0.15, 0.2) is 0 Å². The summed E-state index contributed by atoms with van der Waals surface area (Å²) in [6.07, 6.45) is 5.82.